The summed E-state index contributed by atoms with van der Waals surface area (Å²) in [6.07, 6.45) is 3.09. The second-order valence-corrected chi connectivity index (χ2v) is 2.33. The Morgan fingerprint density at radius 2 is 2.27 bits per heavy atom. The molecule has 54 valence electrons. The minimum absolute atomic E-state index is 0.224. The lowest BCUT2D eigenvalue weighted by atomic mass is 10.1. The van der Waals surface area contributed by atoms with Gasteiger partial charge >= 0.3 is 0 Å². The van der Waals surface area contributed by atoms with Crippen LogP contribution in [0, 0.1) is 0 Å². The Morgan fingerprint density at radius 1 is 1.45 bits per heavy atom. The van der Waals surface area contributed by atoms with Gasteiger partial charge in [0.15, 0.2) is 5.84 Å². The number of amides is 1. The lowest BCUT2D eigenvalue weighted by Gasteiger charge is -2.02. The predicted molar refractivity (Wildman–Crippen MR) is 42.1 cm³/mol. The molecule has 2 aliphatic rings. The molecule has 0 bridgehead atoms. The average Bonchev–Trinajstić information content (AvgIpc) is 2.36. The van der Waals surface area contributed by atoms with Gasteiger partial charge in [-0.25, -0.2) is 9.98 Å². The van der Waals surface area contributed by atoms with Crippen molar-refractivity contribution in [2.24, 2.45) is 15.0 Å². The van der Waals surface area contributed by atoms with E-state index in [2.05, 4.69) is 15.0 Å². The molecule has 11 heavy (non-hydrogen) atoms. The van der Waals surface area contributed by atoms with Crippen LogP contribution in [0.4, 0.5) is 0 Å². The maximum Gasteiger partial charge on any atom is 0.274 e. The molecule has 0 saturated carbocycles. The largest absolute Gasteiger partial charge is 0.274 e. The van der Waals surface area contributed by atoms with Crippen LogP contribution < -0.4 is 0 Å². The zero-order chi connectivity index (χ0) is 7.84. The van der Waals surface area contributed by atoms with Crippen LogP contribution in [0.15, 0.2) is 26.6 Å². The van der Waals surface area contributed by atoms with Crippen LogP contribution in [0.1, 0.15) is 6.92 Å². The average molecular weight is 147 g/mol. The minimum Gasteiger partial charge on any atom is -0.267 e. The van der Waals surface area contributed by atoms with Gasteiger partial charge < -0.3 is 0 Å². The number of hydrogen-bond acceptors (Lipinski definition) is 3. The Balaban J connectivity index is 2.51. The summed E-state index contributed by atoms with van der Waals surface area (Å²) >= 11 is 0. The van der Waals surface area contributed by atoms with Gasteiger partial charge in [-0.15, -0.1) is 0 Å². The van der Waals surface area contributed by atoms with E-state index in [1.165, 1.54) is 6.34 Å². The van der Waals surface area contributed by atoms with E-state index in [1.54, 1.807) is 13.0 Å². The highest BCUT2D eigenvalue weighted by Gasteiger charge is 2.18. The number of nitrogens with zero attached hydrogens (tertiary/aromatic N) is 3. The molecule has 0 saturated heterocycles. The highest BCUT2D eigenvalue weighted by Crippen LogP contribution is 2.08. The molecule has 0 aliphatic carbocycles. The smallest absolute Gasteiger partial charge is 0.267 e. The van der Waals surface area contributed by atoms with E-state index in [-0.39, 0.29) is 5.91 Å². The van der Waals surface area contributed by atoms with Gasteiger partial charge in [0.1, 0.15) is 12.1 Å². The number of dihydropyridines is 1. The number of aliphatic imine (C=N–C) groups is 3. The topological polar surface area (TPSA) is 54.1 Å². The van der Waals surface area contributed by atoms with Crippen LogP contribution in [0.2, 0.25) is 0 Å². The van der Waals surface area contributed by atoms with E-state index in [1.807, 2.05) is 0 Å². The third-order valence-electron chi connectivity index (χ3n) is 1.50. The van der Waals surface area contributed by atoms with Gasteiger partial charge in [0.05, 0.1) is 0 Å². The van der Waals surface area contributed by atoms with Gasteiger partial charge in [-0.3, -0.25) is 4.79 Å². The van der Waals surface area contributed by atoms with E-state index in [4.69, 9.17) is 0 Å². The first-order chi connectivity index (χ1) is 5.27. The number of hydrogen-bond donors (Lipinski definition) is 0. The quantitative estimate of drug-likeness (QED) is 0.487. The number of carbonyl (C=O) groups is 1. The lowest BCUT2D eigenvalue weighted by Crippen LogP contribution is -2.15. The monoisotopic (exact) mass is 147 g/mol. The number of carbonyl (C=O) groups excluding carboxylic acids is 1. The van der Waals surface area contributed by atoms with Crippen molar-refractivity contribution in [3.8, 4) is 0 Å². The van der Waals surface area contributed by atoms with Gasteiger partial charge in [-0.2, -0.15) is 4.99 Å². The van der Waals surface area contributed by atoms with Crippen LogP contribution in [-0.2, 0) is 4.79 Å². The molecule has 1 amide bonds. The van der Waals surface area contributed by atoms with Crippen molar-refractivity contribution in [2.75, 3.05) is 0 Å². The first-order valence-electron chi connectivity index (χ1n) is 3.19. The second kappa shape index (κ2) is 1.95. The molecule has 0 N–H and O–H groups in total. The first kappa shape index (κ1) is 6.15. The summed E-state index contributed by atoms with van der Waals surface area (Å²) in [4.78, 5) is 22.4. The molecule has 0 unspecified atom stereocenters. The Hall–Kier alpha value is -1.58. The molecule has 2 aliphatic heterocycles. The van der Waals surface area contributed by atoms with Crippen molar-refractivity contribution in [2.45, 2.75) is 6.92 Å². The predicted octanol–water partition coefficient (Wildman–Crippen LogP) is 0.354. The third kappa shape index (κ3) is 0.832. The van der Waals surface area contributed by atoms with Gasteiger partial charge in [0.25, 0.3) is 5.91 Å². The maximum atomic E-state index is 11.0. The normalized spacial score (nSPS) is 20.8. The summed E-state index contributed by atoms with van der Waals surface area (Å²) in [6, 6.07) is 0. The van der Waals surface area contributed by atoms with Crippen LogP contribution in [0.3, 0.4) is 0 Å². The highest BCUT2D eigenvalue weighted by molar-refractivity contribution is 6.53. The van der Waals surface area contributed by atoms with E-state index >= 15 is 0 Å². The number of rotatable bonds is 0. The first-order valence-corrected chi connectivity index (χ1v) is 3.19. The Labute approximate surface area is 63.1 Å². The fourth-order valence-corrected chi connectivity index (χ4v) is 0.909. The minimum atomic E-state index is -0.224. The van der Waals surface area contributed by atoms with Crippen LogP contribution >= 0.6 is 0 Å². The Kier molecular flexibility index (Phi) is 1.09. The molecule has 0 atom stereocenters. The Bertz CT molecular complexity index is 347. The van der Waals surface area contributed by atoms with Crippen molar-refractivity contribution in [3.05, 3.63) is 11.6 Å². The van der Waals surface area contributed by atoms with Crippen molar-refractivity contribution < 1.29 is 4.79 Å². The number of amidine groups is 1. The molecular formula is C7H5N3O. The molecule has 0 aromatic carbocycles. The zero-order valence-corrected chi connectivity index (χ0v) is 5.90. The van der Waals surface area contributed by atoms with E-state index < -0.39 is 0 Å². The van der Waals surface area contributed by atoms with E-state index in [9.17, 15) is 4.79 Å². The van der Waals surface area contributed by atoms with E-state index in [0.717, 1.165) is 0 Å². The summed E-state index contributed by atoms with van der Waals surface area (Å²) in [5, 5.41) is 0. The molecule has 0 aromatic heterocycles. The Morgan fingerprint density at radius 3 is 3.09 bits per heavy atom. The number of fused-ring (bicyclic) bond motifs is 1. The summed E-state index contributed by atoms with van der Waals surface area (Å²) in [5.74, 6) is 0.207. The summed E-state index contributed by atoms with van der Waals surface area (Å²) in [7, 11) is 0. The van der Waals surface area contributed by atoms with Crippen molar-refractivity contribution in [1.29, 1.82) is 0 Å². The van der Waals surface area contributed by atoms with Crippen LogP contribution in [0.25, 0.3) is 0 Å². The molecule has 4 nitrogen and oxygen atoms in total. The molecular weight excluding hydrogens is 142 g/mol. The fourth-order valence-electron chi connectivity index (χ4n) is 0.909. The molecule has 0 fully saturated rings. The third-order valence-corrected chi connectivity index (χ3v) is 1.50. The summed E-state index contributed by atoms with van der Waals surface area (Å²) in [5.41, 5.74) is 1.29. The van der Waals surface area contributed by atoms with Gasteiger partial charge in [-0.1, -0.05) is 0 Å². The SMILES string of the molecule is CC1=CC2=NC=NC2=NC1=O. The van der Waals surface area contributed by atoms with Gasteiger partial charge in [0, 0.05) is 5.57 Å². The van der Waals surface area contributed by atoms with Crippen molar-refractivity contribution in [1.82, 2.24) is 0 Å². The van der Waals surface area contributed by atoms with E-state index in [0.29, 0.717) is 17.1 Å². The summed E-state index contributed by atoms with van der Waals surface area (Å²) < 4.78 is 0. The standard InChI is InChI=1S/C7H5N3O/c1-4-2-5-6(9-3-8-5)10-7(4)11/h2-3H,1H3. The molecule has 2 heterocycles. The molecule has 2 rings (SSSR count). The fraction of sp³-hybridized carbons (Fsp3) is 0.143. The van der Waals surface area contributed by atoms with Crippen molar-refractivity contribution in [3.63, 3.8) is 0 Å². The lowest BCUT2D eigenvalue weighted by molar-refractivity contribution is -0.114. The molecule has 4 heteroatoms. The molecule has 0 aromatic rings. The molecule has 0 radical (unpaired) electrons. The van der Waals surface area contributed by atoms with Gasteiger partial charge in [-0.05, 0) is 13.0 Å². The zero-order valence-electron chi connectivity index (χ0n) is 5.90. The highest BCUT2D eigenvalue weighted by atomic mass is 16.1. The summed E-state index contributed by atoms with van der Waals surface area (Å²) in [6.45, 7) is 1.71. The van der Waals surface area contributed by atoms with Crippen LogP contribution in [-0.4, -0.2) is 23.8 Å². The second-order valence-electron chi connectivity index (χ2n) is 2.33. The van der Waals surface area contributed by atoms with Crippen molar-refractivity contribution >= 4 is 23.8 Å². The van der Waals surface area contributed by atoms with Crippen LogP contribution in [0.5, 0.6) is 0 Å². The van der Waals surface area contributed by atoms with Gasteiger partial charge in [0.2, 0.25) is 0 Å². The maximum absolute atomic E-state index is 11.0. The molecule has 0 spiro atoms.